The lowest BCUT2D eigenvalue weighted by atomic mass is 10.1. The molecule has 1 aromatic carbocycles. The zero-order valence-corrected chi connectivity index (χ0v) is 13.3. The molecule has 1 N–H and O–H groups in total. The maximum Gasteiger partial charge on any atom is 0.223 e. The van der Waals surface area contributed by atoms with E-state index in [0.717, 1.165) is 17.4 Å². The fraction of sp³-hybridized carbons (Fsp3) is 0.533. The molecule has 104 valence electrons. The fourth-order valence-electron chi connectivity index (χ4n) is 2.13. The lowest BCUT2D eigenvalue weighted by molar-refractivity contribution is -0.122. The van der Waals surface area contributed by atoms with Crippen LogP contribution in [0.3, 0.4) is 0 Å². The highest BCUT2D eigenvalue weighted by atomic mass is 79.9. The molecule has 0 spiro atoms. The van der Waals surface area contributed by atoms with Crippen LogP contribution in [0.1, 0.15) is 24.8 Å². The molecule has 0 radical (unpaired) electrons. The highest BCUT2D eigenvalue weighted by Gasteiger charge is 2.43. The van der Waals surface area contributed by atoms with Gasteiger partial charge in [-0.25, -0.2) is 0 Å². The third kappa shape index (κ3) is 3.80. The molecule has 3 nitrogen and oxygen atoms in total. The number of hydrogen-bond acceptors (Lipinski definition) is 2. The van der Waals surface area contributed by atoms with Crippen molar-refractivity contribution >= 4 is 21.8 Å². The van der Waals surface area contributed by atoms with Crippen LogP contribution in [-0.4, -0.2) is 37.5 Å². The topological polar surface area (TPSA) is 32.3 Å². The van der Waals surface area contributed by atoms with E-state index in [-0.39, 0.29) is 11.8 Å². The molecule has 0 unspecified atom stereocenters. The largest absolute Gasteiger partial charge is 0.354 e. The molecule has 0 bridgehead atoms. The van der Waals surface area contributed by atoms with Crippen LogP contribution in [0.2, 0.25) is 0 Å². The lowest BCUT2D eigenvalue weighted by Gasteiger charge is -2.19. The Labute approximate surface area is 123 Å². The number of amides is 1. The summed E-state index contributed by atoms with van der Waals surface area (Å²) < 4.78 is 1.08. The van der Waals surface area contributed by atoms with Crippen molar-refractivity contribution in [3.05, 3.63) is 34.3 Å². The molecule has 0 aromatic heterocycles. The highest BCUT2D eigenvalue weighted by Crippen LogP contribution is 2.47. The predicted octanol–water partition coefficient (Wildman–Crippen LogP) is 2.62. The molecule has 2 rings (SSSR count). The molecule has 1 aliphatic carbocycles. The highest BCUT2D eigenvalue weighted by molar-refractivity contribution is 9.10. The van der Waals surface area contributed by atoms with Gasteiger partial charge >= 0.3 is 0 Å². The van der Waals surface area contributed by atoms with E-state index in [0.29, 0.717) is 12.0 Å². The van der Waals surface area contributed by atoms with Crippen molar-refractivity contribution in [1.82, 2.24) is 10.2 Å². The second-order valence-corrected chi connectivity index (χ2v) is 6.47. The Morgan fingerprint density at radius 2 is 2.05 bits per heavy atom. The van der Waals surface area contributed by atoms with Crippen molar-refractivity contribution in [3.63, 3.8) is 0 Å². The number of carbonyl (C=O) groups excluding carboxylic acids is 1. The molecule has 1 saturated carbocycles. The van der Waals surface area contributed by atoms with Gasteiger partial charge in [0.05, 0.1) is 0 Å². The number of hydrogen-bond donors (Lipinski definition) is 1. The predicted molar refractivity (Wildman–Crippen MR) is 81.1 cm³/mol. The van der Waals surface area contributed by atoms with Crippen molar-refractivity contribution in [2.24, 2.45) is 5.92 Å². The number of carbonyl (C=O) groups is 1. The molecule has 1 fully saturated rings. The van der Waals surface area contributed by atoms with Crippen molar-refractivity contribution in [1.29, 1.82) is 0 Å². The Morgan fingerprint density at radius 3 is 2.63 bits per heavy atom. The van der Waals surface area contributed by atoms with E-state index < -0.39 is 0 Å². The molecule has 3 atom stereocenters. The second-order valence-electron chi connectivity index (χ2n) is 5.56. The summed E-state index contributed by atoms with van der Waals surface area (Å²) in [6.07, 6.45) is 0.976. The van der Waals surface area contributed by atoms with Crippen LogP contribution in [0, 0.1) is 5.92 Å². The van der Waals surface area contributed by atoms with Crippen molar-refractivity contribution in [3.8, 4) is 0 Å². The van der Waals surface area contributed by atoms with Gasteiger partial charge < -0.3 is 10.2 Å². The first-order valence-electron chi connectivity index (χ1n) is 6.68. The summed E-state index contributed by atoms with van der Waals surface area (Å²) in [7, 11) is 4.05. The van der Waals surface area contributed by atoms with E-state index in [4.69, 9.17) is 0 Å². The van der Waals surface area contributed by atoms with Crippen LogP contribution in [0.4, 0.5) is 0 Å². The maximum atomic E-state index is 12.0. The van der Waals surface area contributed by atoms with Crippen LogP contribution in [0.25, 0.3) is 0 Å². The molecular formula is C15H21BrN2O. The van der Waals surface area contributed by atoms with E-state index in [9.17, 15) is 4.79 Å². The van der Waals surface area contributed by atoms with Crippen LogP contribution in [-0.2, 0) is 4.79 Å². The normalized spacial score (nSPS) is 23.2. The van der Waals surface area contributed by atoms with Gasteiger partial charge in [-0.2, -0.15) is 0 Å². The Hall–Kier alpha value is -0.870. The summed E-state index contributed by atoms with van der Waals surface area (Å²) in [5, 5.41) is 3.05. The lowest BCUT2D eigenvalue weighted by Crippen LogP contribution is -2.38. The zero-order valence-electron chi connectivity index (χ0n) is 11.7. The number of nitrogens with one attached hydrogen (secondary N) is 1. The molecule has 1 aliphatic rings. The van der Waals surface area contributed by atoms with Crippen molar-refractivity contribution in [2.45, 2.75) is 25.3 Å². The number of nitrogens with zero attached hydrogens (tertiary/aromatic N) is 1. The van der Waals surface area contributed by atoms with Gasteiger partial charge in [0.15, 0.2) is 0 Å². The average Bonchev–Trinajstić information content (AvgIpc) is 3.16. The SMILES string of the molecule is C[C@H](CNC(=O)[C@@H]1C[C@@H]1c1ccc(Br)cc1)N(C)C. The molecule has 0 aliphatic heterocycles. The Bertz CT molecular complexity index is 444. The molecule has 0 saturated heterocycles. The van der Waals surface area contributed by atoms with Crippen LogP contribution in [0.15, 0.2) is 28.7 Å². The summed E-state index contributed by atoms with van der Waals surface area (Å²) in [4.78, 5) is 14.2. The van der Waals surface area contributed by atoms with E-state index in [1.165, 1.54) is 5.56 Å². The zero-order chi connectivity index (χ0) is 14.0. The Morgan fingerprint density at radius 1 is 1.42 bits per heavy atom. The van der Waals surface area contributed by atoms with Crippen molar-refractivity contribution < 1.29 is 4.79 Å². The van der Waals surface area contributed by atoms with Gasteiger partial charge in [0.2, 0.25) is 5.91 Å². The third-order valence-electron chi connectivity index (χ3n) is 3.88. The second kappa shape index (κ2) is 6.06. The summed E-state index contributed by atoms with van der Waals surface area (Å²) in [5.41, 5.74) is 1.27. The van der Waals surface area contributed by atoms with Crippen LogP contribution < -0.4 is 5.32 Å². The van der Waals surface area contributed by atoms with E-state index in [1.807, 2.05) is 26.2 Å². The summed E-state index contributed by atoms with van der Waals surface area (Å²) in [6.45, 7) is 2.83. The molecule has 4 heteroatoms. The van der Waals surface area contributed by atoms with Gasteiger partial charge in [-0.05, 0) is 51.1 Å². The number of rotatable bonds is 5. The monoisotopic (exact) mass is 324 g/mol. The van der Waals surface area contributed by atoms with Gasteiger partial charge in [0, 0.05) is 23.0 Å². The third-order valence-corrected chi connectivity index (χ3v) is 4.41. The fourth-order valence-corrected chi connectivity index (χ4v) is 2.39. The summed E-state index contributed by atoms with van der Waals surface area (Å²) in [5.74, 6) is 0.764. The molecular weight excluding hydrogens is 304 g/mol. The van der Waals surface area contributed by atoms with Crippen LogP contribution >= 0.6 is 15.9 Å². The van der Waals surface area contributed by atoms with Gasteiger partial charge in [-0.1, -0.05) is 28.1 Å². The Balaban J connectivity index is 1.82. The minimum Gasteiger partial charge on any atom is -0.354 e. The standard InChI is InChI=1S/C15H21BrN2O/c1-10(18(2)3)9-17-15(19)14-8-13(14)11-4-6-12(16)7-5-11/h4-7,10,13-14H,8-9H2,1-3H3,(H,17,19)/t10-,13-,14-/m1/s1. The quantitative estimate of drug-likeness (QED) is 0.903. The minimum absolute atomic E-state index is 0.163. The van der Waals surface area contributed by atoms with Gasteiger partial charge in [-0.3, -0.25) is 4.79 Å². The minimum atomic E-state index is 0.163. The average molecular weight is 325 g/mol. The molecule has 0 heterocycles. The number of benzene rings is 1. The van der Waals surface area contributed by atoms with E-state index in [1.54, 1.807) is 0 Å². The first-order chi connectivity index (χ1) is 8.99. The van der Waals surface area contributed by atoms with Gasteiger partial charge in [0.25, 0.3) is 0 Å². The van der Waals surface area contributed by atoms with Crippen molar-refractivity contribution in [2.75, 3.05) is 20.6 Å². The summed E-state index contributed by atoms with van der Waals surface area (Å²) in [6, 6.07) is 8.65. The number of likely N-dealkylation sites (N-methyl/N-ethyl adjacent to an activating group) is 1. The van der Waals surface area contributed by atoms with E-state index in [2.05, 4.69) is 45.2 Å². The maximum absolute atomic E-state index is 12.0. The Kier molecular flexibility index (Phi) is 4.63. The smallest absolute Gasteiger partial charge is 0.223 e. The first-order valence-corrected chi connectivity index (χ1v) is 7.48. The van der Waals surface area contributed by atoms with Gasteiger partial charge in [-0.15, -0.1) is 0 Å². The molecule has 19 heavy (non-hydrogen) atoms. The van der Waals surface area contributed by atoms with E-state index >= 15 is 0 Å². The van der Waals surface area contributed by atoms with Gasteiger partial charge in [0.1, 0.15) is 0 Å². The van der Waals surface area contributed by atoms with Crippen LogP contribution in [0.5, 0.6) is 0 Å². The number of halogens is 1. The summed E-state index contributed by atoms with van der Waals surface area (Å²) >= 11 is 3.43. The molecule has 1 aromatic rings. The first kappa shape index (κ1) is 14.5. The molecule has 1 amide bonds.